The number of benzene rings is 2. The normalized spacial score (nSPS) is 11.8. The van der Waals surface area contributed by atoms with E-state index in [0.29, 0.717) is 28.5 Å². The molecule has 3 amide bonds. The fraction of sp³-hybridized carbons (Fsp3) is 0.308. The van der Waals surface area contributed by atoms with E-state index >= 15 is 0 Å². The van der Waals surface area contributed by atoms with E-state index in [9.17, 15) is 14.4 Å². The van der Waals surface area contributed by atoms with Crippen molar-refractivity contribution in [2.24, 2.45) is 5.73 Å². The lowest BCUT2D eigenvalue weighted by molar-refractivity contribution is -0.123. The minimum Gasteiger partial charge on any atom is -0.497 e. The lowest BCUT2D eigenvalue weighted by atomic mass is 9.99. The maximum Gasteiger partial charge on any atom is 0.273 e. The molecule has 1 aromatic heterocycles. The topological polar surface area (TPSA) is 159 Å². The minimum atomic E-state index is -1.20. The molecule has 202 valence electrons. The fourth-order valence-corrected chi connectivity index (χ4v) is 4.50. The van der Waals surface area contributed by atoms with Gasteiger partial charge in [-0.1, -0.05) is 12.1 Å². The molecule has 0 bridgehead atoms. The van der Waals surface area contributed by atoms with Crippen molar-refractivity contribution in [1.82, 2.24) is 9.69 Å². The Labute approximate surface area is 224 Å². The molecule has 12 heteroatoms. The lowest BCUT2D eigenvalue weighted by Crippen LogP contribution is -2.49. The lowest BCUT2D eigenvalue weighted by Gasteiger charge is -2.34. The number of nitrogen functional groups attached to an aromatic ring is 1. The monoisotopic (exact) mass is 541 g/mol. The first-order valence-corrected chi connectivity index (χ1v) is 12.3. The molecule has 0 aliphatic carbocycles. The van der Waals surface area contributed by atoms with Gasteiger partial charge in [-0.2, -0.15) is 4.37 Å². The van der Waals surface area contributed by atoms with Crippen molar-refractivity contribution in [3.8, 4) is 17.2 Å². The first-order valence-electron chi connectivity index (χ1n) is 11.5. The Morgan fingerprint density at radius 2 is 1.68 bits per heavy atom. The Morgan fingerprint density at radius 1 is 1.00 bits per heavy atom. The number of nitrogens with two attached hydrogens (primary N) is 2. The molecule has 3 aromatic rings. The number of ether oxygens (including phenoxy) is 3. The van der Waals surface area contributed by atoms with Crippen molar-refractivity contribution in [3.05, 3.63) is 58.6 Å². The van der Waals surface area contributed by atoms with Gasteiger partial charge in [0.25, 0.3) is 11.8 Å². The van der Waals surface area contributed by atoms with Crippen LogP contribution in [0.4, 0.5) is 11.4 Å². The predicted octanol–water partition coefficient (Wildman–Crippen LogP) is 3.15. The second-order valence-corrected chi connectivity index (χ2v) is 10.0. The van der Waals surface area contributed by atoms with Gasteiger partial charge in [0.05, 0.1) is 27.0 Å². The molecule has 11 nitrogen and oxygen atoms in total. The molecule has 3 rings (SSSR count). The van der Waals surface area contributed by atoms with Gasteiger partial charge in [-0.3, -0.25) is 19.3 Å². The van der Waals surface area contributed by atoms with Crippen molar-refractivity contribution in [2.45, 2.75) is 32.4 Å². The average Bonchev–Trinajstić information content (AvgIpc) is 3.26. The second kappa shape index (κ2) is 11.4. The van der Waals surface area contributed by atoms with Crippen molar-refractivity contribution in [3.63, 3.8) is 0 Å². The standard InChI is InChI=1S/C26H31N5O6S/c1-26(2,3)29-24(33)21(14-10-11-17(36-5)18(12-14)37-6)31(15-8-7-9-16(13-15)35-4)25(34)22-19(27)20(23(28)32)30-38-22/h7-13,21H,27H2,1-6H3,(H2,28,32)(H,29,33)/t21-/m0/s1. The highest BCUT2D eigenvalue weighted by atomic mass is 32.1. The molecule has 2 aromatic carbocycles. The van der Waals surface area contributed by atoms with Crippen LogP contribution in [0.25, 0.3) is 0 Å². The van der Waals surface area contributed by atoms with E-state index in [-0.39, 0.29) is 16.3 Å². The molecular weight excluding hydrogens is 510 g/mol. The number of hydrogen-bond acceptors (Lipinski definition) is 9. The largest absolute Gasteiger partial charge is 0.497 e. The number of amides is 3. The molecule has 0 aliphatic rings. The molecule has 0 unspecified atom stereocenters. The van der Waals surface area contributed by atoms with Crippen LogP contribution in [-0.4, -0.2) is 49.0 Å². The summed E-state index contributed by atoms with van der Waals surface area (Å²) in [5, 5.41) is 2.95. The van der Waals surface area contributed by atoms with E-state index < -0.39 is 29.3 Å². The first-order chi connectivity index (χ1) is 17.9. The van der Waals surface area contributed by atoms with E-state index in [0.717, 1.165) is 11.5 Å². The highest BCUT2D eigenvalue weighted by Crippen LogP contribution is 2.37. The zero-order valence-corrected chi connectivity index (χ0v) is 22.8. The number of primary amides is 1. The van der Waals surface area contributed by atoms with Crippen LogP contribution in [0, 0.1) is 0 Å². The molecule has 0 fully saturated rings. The molecule has 0 aliphatic heterocycles. The molecule has 1 atom stereocenters. The van der Waals surface area contributed by atoms with Crippen molar-refractivity contribution in [1.29, 1.82) is 0 Å². The summed E-state index contributed by atoms with van der Waals surface area (Å²) in [6.45, 7) is 5.48. The Morgan fingerprint density at radius 3 is 2.24 bits per heavy atom. The maximum absolute atomic E-state index is 14.2. The third kappa shape index (κ3) is 5.97. The number of rotatable bonds is 9. The van der Waals surface area contributed by atoms with Crippen molar-refractivity contribution < 1.29 is 28.6 Å². The second-order valence-electron chi connectivity index (χ2n) is 9.27. The molecule has 1 heterocycles. The van der Waals surface area contributed by atoms with Crippen LogP contribution in [0.15, 0.2) is 42.5 Å². The Balaban J connectivity index is 2.31. The summed E-state index contributed by atoms with van der Waals surface area (Å²) in [5.74, 6) is -0.734. The van der Waals surface area contributed by atoms with Crippen molar-refractivity contribution in [2.75, 3.05) is 32.0 Å². The Hall–Kier alpha value is -4.32. The quantitative estimate of drug-likeness (QED) is 0.373. The third-order valence-corrected chi connectivity index (χ3v) is 6.28. The number of nitrogens with zero attached hydrogens (tertiary/aromatic N) is 2. The summed E-state index contributed by atoms with van der Waals surface area (Å²) in [6, 6.07) is 10.4. The number of anilines is 2. The zero-order valence-electron chi connectivity index (χ0n) is 22.0. The number of hydrogen-bond donors (Lipinski definition) is 3. The smallest absolute Gasteiger partial charge is 0.273 e. The molecule has 0 radical (unpaired) electrons. The number of carbonyl (C=O) groups is 3. The maximum atomic E-state index is 14.2. The summed E-state index contributed by atoms with van der Waals surface area (Å²) in [6.07, 6.45) is 0. The van der Waals surface area contributed by atoms with Gasteiger partial charge in [0.15, 0.2) is 17.2 Å². The van der Waals surface area contributed by atoms with Crippen LogP contribution in [0.5, 0.6) is 17.2 Å². The SMILES string of the molecule is COc1cccc(N(C(=O)c2snc(C(N)=O)c2N)[C@H](C(=O)NC(C)(C)C)c2ccc(OC)c(OC)c2)c1. The Kier molecular flexibility index (Phi) is 8.46. The number of carbonyl (C=O) groups excluding carboxylic acids is 3. The van der Waals surface area contributed by atoms with E-state index in [1.165, 1.54) is 26.2 Å². The number of aromatic nitrogens is 1. The van der Waals surface area contributed by atoms with Gasteiger partial charge in [-0.15, -0.1) is 0 Å². The molecule has 38 heavy (non-hydrogen) atoms. The van der Waals surface area contributed by atoms with Crippen molar-refractivity contribution >= 4 is 40.6 Å². The highest BCUT2D eigenvalue weighted by molar-refractivity contribution is 7.09. The summed E-state index contributed by atoms with van der Waals surface area (Å²) in [5.41, 5.74) is 11.3. The number of nitrogens with one attached hydrogen (secondary N) is 1. The summed E-state index contributed by atoms with van der Waals surface area (Å²) in [7, 11) is 4.46. The van der Waals surface area contributed by atoms with Gasteiger partial charge in [0.2, 0.25) is 5.91 Å². The van der Waals surface area contributed by atoms with Crippen LogP contribution in [-0.2, 0) is 4.79 Å². The van der Waals surface area contributed by atoms with Crippen LogP contribution in [0.1, 0.15) is 52.5 Å². The molecule has 0 spiro atoms. The van der Waals surface area contributed by atoms with E-state index in [1.807, 2.05) is 20.8 Å². The van der Waals surface area contributed by atoms with Gasteiger partial charge in [0, 0.05) is 17.3 Å². The van der Waals surface area contributed by atoms with Gasteiger partial charge in [-0.25, -0.2) is 0 Å². The van der Waals surface area contributed by atoms with Crippen LogP contribution < -0.4 is 35.9 Å². The number of methoxy groups -OCH3 is 3. The summed E-state index contributed by atoms with van der Waals surface area (Å²) in [4.78, 5) is 41.1. The molecule has 0 saturated carbocycles. The molecule has 5 N–H and O–H groups in total. The van der Waals surface area contributed by atoms with E-state index in [1.54, 1.807) is 42.5 Å². The van der Waals surface area contributed by atoms with Gasteiger partial charge >= 0.3 is 0 Å². The van der Waals surface area contributed by atoms with Gasteiger partial charge in [0.1, 0.15) is 16.7 Å². The average molecular weight is 542 g/mol. The first kappa shape index (κ1) is 28.3. The van der Waals surface area contributed by atoms with Crippen LogP contribution >= 0.6 is 11.5 Å². The summed E-state index contributed by atoms with van der Waals surface area (Å²) >= 11 is 0.722. The fourth-order valence-electron chi connectivity index (χ4n) is 3.76. The molecular formula is C26H31N5O6S. The van der Waals surface area contributed by atoms with E-state index in [2.05, 4.69) is 9.69 Å². The zero-order chi connectivity index (χ0) is 28.2. The Bertz CT molecular complexity index is 1350. The minimum absolute atomic E-state index is 0.0457. The highest BCUT2D eigenvalue weighted by Gasteiger charge is 2.37. The third-order valence-electron chi connectivity index (χ3n) is 5.43. The van der Waals surface area contributed by atoms with Gasteiger partial charge < -0.3 is 31.0 Å². The van der Waals surface area contributed by atoms with Crippen LogP contribution in [0.2, 0.25) is 0 Å². The molecule has 0 saturated heterocycles. The van der Waals surface area contributed by atoms with E-state index in [4.69, 9.17) is 25.7 Å². The predicted molar refractivity (Wildman–Crippen MR) is 145 cm³/mol. The summed E-state index contributed by atoms with van der Waals surface area (Å²) < 4.78 is 20.2. The van der Waals surface area contributed by atoms with Crippen LogP contribution in [0.3, 0.4) is 0 Å². The van der Waals surface area contributed by atoms with Gasteiger partial charge in [-0.05, 0) is 62.1 Å².